The first-order valence-corrected chi connectivity index (χ1v) is 8.63. The summed E-state index contributed by atoms with van der Waals surface area (Å²) in [6.45, 7) is 7.41. The standard InChI is InChI=1S/C21H26O4/c1-4-18-12-19(11-10-17-8-6-5-7-9-17)21(14-25-16(3)23)20(18)13-24-15(2)22/h4-11,18-21H,1,12-14H2,2-3H3/b11-10+/t18-,19+,20-,21+/m1/s1. The van der Waals surface area contributed by atoms with Gasteiger partial charge in [-0.05, 0) is 23.8 Å². The van der Waals surface area contributed by atoms with Crippen LogP contribution in [0.5, 0.6) is 0 Å². The summed E-state index contributed by atoms with van der Waals surface area (Å²) in [7, 11) is 0. The van der Waals surface area contributed by atoms with Gasteiger partial charge < -0.3 is 9.47 Å². The minimum Gasteiger partial charge on any atom is -0.466 e. The minimum absolute atomic E-state index is 0.103. The first kappa shape index (κ1) is 19.0. The van der Waals surface area contributed by atoms with E-state index in [0.29, 0.717) is 13.2 Å². The van der Waals surface area contributed by atoms with Crippen LogP contribution in [0.15, 0.2) is 49.1 Å². The molecule has 0 unspecified atom stereocenters. The molecule has 0 bridgehead atoms. The first-order chi connectivity index (χ1) is 12.0. The topological polar surface area (TPSA) is 52.6 Å². The zero-order chi connectivity index (χ0) is 18.2. The van der Waals surface area contributed by atoms with E-state index in [1.807, 2.05) is 36.4 Å². The lowest BCUT2D eigenvalue weighted by atomic mass is 9.87. The molecule has 0 saturated heterocycles. The summed E-state index contributed by atoms with van der Waals surface area (Å²) in [5.41, 5.74) is 1.13. The van der Waals surface area contributed by atoms with Gasteiger partial charge in [-0.15, -0.1) is 6.58 Å². The largest absolute Gasteiger partial charge is 0.466 e. The Balaban J connectivity index is 2.16. The smallest absolute Gasteiger partial charge is 0.302 e. The van der Waals surface area contributed by atoms with Crippen LogP contribution in [-0.2, 0) is 19.1 Å². The van der Waals surface area contributed by atoms with E-state index in [4.69, 9.17) is 9.47 Å². The lowest BCUT2D eigenvalue weighted by molar-refractivity contribution is -0.147. The van der Waals surface area contributed by atoms with Gasteiger partial charge in [0, 0.05) is 25.7 Å². The van der Waals surface area contributed by atoms with Crippen LogP contribution in [0.4, 0.5) is 0 Å². The van der Waals surface area contributed by atoms with Crippen LogP contribution in [0.1, 0.15) is 25.8 Å². The number of esters is 2. The fourth-order valence-electron chi connectivity index (χ4n) is 3.51. The molecule has 0 amide bonds. The van der Waals surface area contributed by atoms with Gasteiger partial charge in [-0.3, -0.25) is 9.59 Å². The Bertz CT molecular complexity index is 620. The average Bonchev–Trinajstić information content (AvgIpc) is 2.93. The third kappa shape index (κ3) is 5.59. The average molecular weight is 342 g/mol. The van der Waals surface area contributed by atoms with Gasteiger partial charge in [0.15, 0.2) is 0 Å². The Morgan fingerprint density at radius 3 is 2.12 bits per heavy atom. The van der Waals surface area contributed by atoms with Gasteiger partial charge in [0.1, 0.15) is 0 Å². The van der Waals surface area contributed by atoms with Crippen LogP contribution in [0, 0.1) is 23.7 Å². The number of allylic oxidation sites excluding steroid dienone is 2. The maximum Gasteiger partial charge on any atom is 0.302 e. The van der Waals surface area contributed by atoms with Crippen molar-refractivity contribution >= 4 is 18.0 Å². The summed E-state index contributed by atoms with van der Waals surface area (Å²) in [4.78, 5) is 22.5. The van der Waals surface area contributed by atoms with Crippen molar-refractivity contribution in [1.82, 2.24) is 0 Å². The fraction of sp³-hybridized carbons (Fsp3) is 0.429. The number of rotatable bonds is 7. The second kappa shape index (κ2) is 9.21. The lowest BCUT2D eigenvalue weighted by Crippen LogP contribution is -2.27. The van der Waals surface area contributed by atoms with E-state index in [0.717, 1.165) is 12.0 Å². The Morgan fingerprint density at radius 2 is 1.60 bits per heavy atom. The van der Waals surface area contributed by atoms with E-state index in [9.17, 15) is 9.59 Å². The van der Waals surface area contributed by atoms with E-state index in [1.54, 1.807) is 0 Å². The SMILES string of the molecule is C=C[C@@H]1C[C@H](/C=C/c2ccccc2)[C@H](COC(C)=O)[C@@H]1COC(C)=O. The number of hydrogen-bond acceptors (Lipinski definition) is 4. The summed E-state index contributed by atoms with van der Waals surface area (Å²) in [5, 5.41) is 0. The van der Waals surface area contributed by atoms with Crippen molar-refractivity contribution in [2.75, 3.05) is 13.2 Å². The zero-order valence-electron chi connectivity index (χ0n) is 14.9. The minimum atomic E-state index is -0.294. The van der Waals surface area contributed by atoms with Crippen LogP contribution in [0.2, 0.25) is 0 Å². The van der Waals surface area contributed by atoms with Gasteiger partial charge in [0.25, 0.3) is 0 Å². The van der Waals surface area contributed by atoms with Crippen molar-refractivity contribution in [1.29, 1.82) is 0 Å². The molecule has 0 aromatic heterocycles. The van der Waals surface area contributed by atoms with E-state index in [1.165, 1.54) is 13.8 Å². The van der Waals surface area contributed by atoms with Crippen molar-refractivity contribution in [3.8, 4) is 0 Å². The van der Waals surface area contributed by atoms with Gasteiger partial charge >= 0.3 is 11.9 Å². The summed E-state index contributed by atoms with van der Waals surface area (Å²) < 4.78 is 10.5. The number of hydrogen-bond donors (Lipinski definition) is 0. The van der Waals surface area contributed by atoms with Crippen molar-refractivity contribution in [3.05, 3.63) is 54.6 Å². The second-order valence-electron chi connectivity index (χ2n) is 6.50. The molecular formula is C21H26O4. The van der Waals surface area contributed by atoms with Crippen LogP contribution in [0.3, 0.4) is 0 Å². The molecule has 0 aliphatic heterocycles. The molecule has 0 spiro atoms. The highest BCUT2D eigenvalue weighted by Gasteiger charge is 2.41. The van der Waals surface area contributed by atoms with E-state index in [-0.39, 0.29) is 35.6 Å². The summed E-state index contributed by atoms with van der Waals surface area (Å²) >= 11 is 0. The van der Waals surface area contributed by atoms with Gasteiger partial charge in [0.05, 0.1) is 13.2 Å². The molecule has 0 N–H and O–H groups in total. The molecule has 1 aliphatic rings. The highest BCUT2D eigenvalue weighted by atomic mass is 16.5. The normalized spacial score (nSPS) is 25.7. The number of benzene rings is 1. The van der Waals surface area contributed by atoms with Gasteiger partial charge in [-0.2, -0.15) is 0 Å². The molecule has 1 aliphatic carbocycles. The predicted molar refractivity (Wildman–Crippen MR) is 97.5 cm³/mol. The van der Waals surface area contributed by atoms with Crippen molar-refractivity contribution in [3.63, 3.8) is 0 Å². The van der Waals surface area contributed by atoms with Crippen molar-refractivity contribution < 1.29 is 19.1 Å². The van der Waals surface area contributed by atoms with Crippen LogP contribution >= 0.6 is 0 Å². The van der Waals surface area contributed by atoms with Crippen LogP contribution in [-0.4, -0.2) is 25.2 Å². The van der Waals surface area contributed by atoms with Crippen LogP contribution < -0.4 is 0 Å². The first-order valence-electron chi connectivity index (χ1n) is 8.63. The van der Waals surface area contributed by atoms with E-state index < -0.39 is 0 Å². The Morgan fingerprint density at radius 1 is 1.04 bits per heavy atom. The monoisotopic (exact) mass is 342 g/mol. The van der Waals surface area contributed by atoms with Crippen molar-refractivity contribution in [2.45, 2.75) is 20.3 Å². The molecular weight excluding hydrogens is 316 g/mol. The quantitative estimate of drug-likeness (QED) is 0.557. The molecule has 4 nitrogen and oxygen atoms in total. The Kier molecular flexibility index (Phi) is 6.99. The summed E-state index contributed by atoms with van der Waals surface area (Å²) in [5.74, 6) is 0.0854. The van der Waals surface area contributed by atoms with Gasteiger partial charge in [-0.1, -0.05) is 48.6 Å². The Hall–Kier alpha value is -2.36. The lowest BCUT2D eigenvalue weighted by Gasteiger charge is -2.24. The van der Waals surface area contributed by atoms with Gasteiger partial charge in [0.2, 0.25) is 0 Å². The third-order valence-corrected chi connectivity index (χ3v) is 4.79. The Labute approximate surface area is 149 Å². The fourth-order valence-corrected chi connectivity index (χ4v) is 3.51. The summed E-state index contributed by atoms with van der Waals surface area (Å²) in [6, 6.07) is 10.1. The predicted octanol–water partition coefficient (Wildman–Crippen LogP) is 3.88. The molecule has 0 radical (unpaired) electrons. The zero-order valence-corrected chi connectivity index (χ0v) is 14.9. The van der Waals surface area contributed by atoms with Crippen molar-refractivity contribution in [2.24, 2.45) is 23.7 Å². The third-order valence-electron chi connectivity index (χ3n) is 4.79. The highest BCUT2D eigenvalue weighted by molar-refractivity contribution is 5.66. The second-order valence-corrected chi connectivity index (χ2v) is 6.50. The molecule has 25 heavy (non-hydrogen) atoms. The number of carbonyl (C=O) groups excluding carboxylic acids is 2. The number of carbonyl (C=O) groups is 2. The summed E-state index contributed by atoms with van der Waals surface area (Å²) in [6.07, 6.45) is 7.10. The molecule has 4 heteroatoms. The van der Waals surface area contributed by atoms with Crippen LogP contribution in [0.25, 0.3) is 6.08 Å². The molecule has 1 fully saturated rings. The van der Waals surface area contributed by atoms with Gasteiger partial charge in [-0.25, -0.2) is 0 Å². The molecule has 4 atom stereocenters. The molecule has 134 valence electrons. The van der Waals surface area contributed by atoms with E-state index >= 15 is 0 Å². The molecule has 1 aromatic carbocycles. The maximum absolute atomic E-state index is 11.3. The molecule has 0 heterocycles. The highest BCUT2D eigenvalue weighted by Crippen LogP contribution is 2.43. The molecule has 1 aromatic rings. The molecule has 1 saturated carbocycles. The number of ether oxygens (including phenoxy) is 2. The molecule has 2 rings (SSSR count). The van der Waals surface area contributed by atoms with E-state index in [2.05, 4.69) is 18.7 Å². The maximum atomic E-state index is 11.3.